The van der Waals surface area contributed by atoms with Crippen LogP contribution < -0.4 is 5.32 Å². The quantitative estimate of drug-likeness (QED) is 0.918. The Kier molecular flexibility index (Phi) is 3.98. The summed E-state index contributed by atoms with van der Waals surface area (Å²) in [6.45, 7) is 6.92. The fraction of sp³-hybridized carbons (Fsp3) is 0.533. The Morgan fingerprint density at radius 3 is 3.10 bits per heavy atom. The van der Waals surface area contributed by atoms with E-state index in [9.17, 15) is 4.79 Å². The largest absolute Gasteiger partial charge is 0.336 e. The summed E-state index contributed by atoms with van der Waals surface area (Å²) in [4.78, 5) is 16.0. The zero-order chi connectivity index (χ0) is 14.1. The third kappa shape index (κ3) is 2.83. The fourth-order valence-corrected chi connectivity index (χ4v) is 3.56. The zero-order valence-corrected chi connectivity index (χ0v) is 13.3. The topological polar surface area (TPSA) is 35.6 Å². The van der Waals surface area contributed by atoms with Gasteiger partial charge in [-0.05, 0) is 23.6 Å². The predicted octanol–water partition coefficient (Wildman–Crippen LogP) is 2.26. The Morgan fingerprint density at radius 1 is 1.45 bits per heavy atom. The van der Waals surface area contributed by atoms with Crippen molar-refractivity contribution in [1.29, 1.82) is 0 Å². The third-order valence-electron chi connectivity index (χ3n) is 4.27. The van der Waals surface area contributed by atoms with Crippen LogP contribution in [0.2, 0.25) is 0 Å². The molecular weight excluding hydrogens is 318 g/mol. The highest BCUT2D eigenvalue weighted by atomic mass is 79.9. The molecule has 0 saturated carbocycles. The molecule has 2 aliphatic heterocycles. The first-order valence-corrected chi connectivity index (χ1v) is 7.95. The number of carbonyl (C=O) groups excluding carboxylic acids is 1. The SMILES string of the molecule is C[C@@H](CN1CCN2C(=O)NC[C@H]2C1)c1cccc(Br)c1. The van der Waals surface area contributed by atoms with Crippen LogP contribution in [0, 0.1) is 0 Å². The molecule has 0 aromatic heterocycles. The van der Waals surface area contributed by atoms with Crippen molar-refractivity contribution in [2.24, 2.45) is 0 Å². The van der Waals surface area contributed by atoms with Crippen LogP contribution in [0.1, 0.15) is 18.4 Å². The summed E-state index contributed by atoms with van der Waals surface area (Å²) in [5.41, 5.74) is 1.36. The van der Waals surface area contributed by atoms with Gasteiger partial charge in [-0.3, -0.25) is 4.90 Å². The number of nitrogens with zero attached hydrogens (tertiary/aromatic N) is 2. The van der Waals surface area contributed by atoms with E-state index in [2.05, 4.69) is 57.3 Å². The van der Waals surface area contributed by atoms with Crippen molar-refractivity contribution in [2.75, 3.05) is 32.7 Å². The minimum Gasteiger partial charge on any atom is -0.336 e. The van der Waals surface area contributed by atoms with Crippen LogP contribution in [-0.4, -0.2) is 54.6 Å². The van der Waals surface area contributed by atoms with Gasteiger partial charge in [-0.1, -0.05) is 35.0 Å². The summed E-state index contributed by atoms with van der Waals surface area (Å²) in [5.74, 6) is 0.504. The standard InChI is InChI=1S/C15H20BrN3O/c1-11(12-3-2-4-13(16)7-12)9-18-5-6-19-14(10-18)8-17-15(19)20/h2-4,7,11,14H,5-6,8-10H2,1H3,(H,17,20)/t11-,14-/m0/s1. The summed E-state index contributed by atoms with van der Waals surface area (Å²) in [7, 11) is 0. The maximum Gasteiger partial charge on any atom is 0.317 e. The molecule has 0 radical (unpaired) electrons. The van der Waals surface area contributed by atoms with Crippen LogP contribution in [0.4, 0.5) is 4.79 Å². The lowest BCUT2D eigenvalue weighted by molar-refractivity contribution is 0.117. The number of hydrogen-bond donors (Lipinski definition) is 1. The molecule has 20 heavy (non-hydrogen) atoms. The molecule has 1 N–H and O–H groups in total. The van der Waals surface area contributed by atoms with Gasteiger partial charge in [0.15, 0.2) is 0 Å². The second kappa shape index (κ2) is 5.74. The molecule has 108 valence electrons. The minimum atomic E-state index is 0.106. The average Bonchev–Trinajstić information content (AvgIpc) is 2.80. The van der Waals surface area contributed by atoms with Gasteiger partial charge < -0.3 is 10.2 Å². The van der Waals surface area contributed by atoms with Crippen molar-refractivity contribution < 1.29 is 4.79 Å². The molecule has 5 heteroatoms. The fourth-order valence-electron chi connectivity index (χ4n) is 3.14. The molecule has 2 aliphatic rings. The summed E-state index contributed by atoms with van der Waals surface area (Å²) in [6.07, 6.45) is 0. The summed E-state index contributed by atoms with van der Waals surface area (Å²) >= 11 is 3.53. The Labute approximate surface area is 128 Å². The molecule has 0 spiro atoms. The number of nitrogens with one attached hydrogen (secondary N) is 1. The maximum atomic E-state index is 11.6. The molecule has 2 atom stereocenters. The van der Waals surface area contributed by atoms with E-state index in [4.69, 9.17) is 0 Å². The smallest absolute Gasteiger partial charge is 0.317 e. The van der Waals surface area contributed by atoms with Gasteiger partial charge in [0.25, 0.3) is 0 Å². The van der Waals surface area contributed by atoms with Gasteiger partial charge in [0, 0.05) is 37.2 Å². The van der Waals surface area contributed by atoms with Crippen LogP contribution in [-0.2, 0) is 0 Å². The highest BCUT2D eigenvalue weighted by molar-refractivity contribution is 9.10. The van der Waals surface area contributed by atoms with Crippen LogP contribution in [0.3, 0.4) is 0 Å². The number of rotatable bonds is 3. The van der Waals surface area contributed by atoms with E-state index in [0.717, 1.165) is 37.2 Å². The zero-order valence-electron chi connectivity index (χ0n) is 11.7. The van der Waals surface area contributed by atoms with Crippen LogP contribution in [0.15, 0.2) is 28.7 Å². The third-order valence-corrected chi connectivity index (χ3v) is 4.76. The van der Waals surface area contributed by atoms with E-state index in [1.807, 2.05) is 4.90 Å². The molecule has 4 nitrogen and oxygen atoms in total. The first kappa shape index (κ1) is 13.9. The van der Waals surface area contributed by atoms with Crippen molar-refractivity contribution in [3.05, 3.63) is 34.3 Å². The van der Waals surface area contributed by atoms with Crippen molar-refractivity contribution in [3.8, 4) is 0 Å². The number of benzene rings is 1. The van der Waals surface area contributed by atoms with E-state index in [1.165, 1.54) is 5.56 Å². The van der Waals surface area contributed by atoms with Crippen LogP contribution >= 0.6 is 15.9 Å². The number of amides is 2. The van der Waals surface area contributed by atoms with Gasteiger partial charge in [-0.25, -0.2) is 4.79 Å². The van der Waals surface area contributed by atoms with E-state index < -0.39 is 0 Å². The van der Waals surface area contributed by atoms with Gasteiger partial charge in [-0.2, -0.15) is 0 Å². The highest BCUT2D eigenvalue weighted by Gasteiger charge is 2.35. The lowest BCUT2D eigenvalue weighted by Crippen LogP contribution is -2.52. The van der Waals surface area contributed by atoms with Crippen molar-refractivity contribution in [1.82, 2.24) is 15.1 Å². The normalized spacial score (nSPS) is 24.4. The van der Waals surface area contributed by atoms with Crippen LogP contribution in [0.5, 0.6) is 0 Å². The molecule has 2 heterocycles. The average molecular weight is 338 g/mol. The molecule has 1 aromatic rings. The first-order chi connectivity index (χ1) is 9.63. The molecule has 3 rings (SSSR count). The number of piperazine rings is 1. The lowest BCUT2D eigenvalue weighted by atomic mass is 10.00. The van der Waals surface area contributed by atoms with Crippen molar-refractivity contribution in [2.45, 2.75) is 18.9 Å². The summed E-state index contributed by atoms with van der Waals surface area (Å²) < 4.78 is 1.14. The predicted molar refractivity (Wildman–Crippen MR) is 82.9 cm³/mol. The maximum absolute atomic E-state index is 11.6. The minimum absolute atomic E-state index is 0.106. The highest BCUT2D eigenvalue weighted by Crippen LogP contribution is 2.22. The van der Waals surface area contributed by atoms with Gasteiger partial charge in [0.1, 0.15) is 0 Å². The van der Waals surface area contributed by atoms with E-state index in [0.29, 0.717) is 12.0 Å². The van der Waals surface area contributed by atoms with E-state index >= 15 is 0 Å². The monoisotopic (exact) mass is 337 g/mol. The molecule has 0 unspecified atom stereocenters. The first-order valence-electron chi connectivity index (χ1n) is 7.16. The second-order valence-corrected chi connectivity index (χ2v) is 6.66. The molecule has 1 aromatic carbocycles. The Hall–Kier alpha value is -1.07. The van der Waals surface area contributed by atoms with Gasteiger partial charge in [0.2, 0.25) is 0 Å². The van der Waals surface area contributed by atoms with Gasteiger partial charge in [-0.15, -0.1) is 0 Å². The number of fused-ring (bicyclic) bond motifs is 1. The van der Waals surface area contributed by atoms with Crippen molar-refractivity contribution >= 4 is 22.0 Å². The van der Waals surface area contributed by atoms with E-state index in [1.54, 1.807) is 0 Å². The number of carbonyl (C=O) groups is 1. The molecule has 0 aliphatic carbocycles. The van der Waals surface area contributed by atoms with Crippen LogP contribution in [0.25, 0.3) is 0 Å². The van der Waals surface area contributed by atoms with Crippen molar-refractivity contribution in [3.63, 3.8) is 0 Å². The van der Waals surface area contributed by atoms with Gasteiger partial charge >= 0.3 is 6.03 Å². The molecule has 2 saturated heterocycles. The molecule has 2 fully saturated rings. The number of urea groups is 1. The second-order valence-electron chi connectivity index (χ2n) is 5.75. The molecular formula is C15H20BrN3O. The summed E-state index contributed by atoms with van der Waals surface area (Å²) in [6, 6.07) is 8.99. The Balaban J connectivity index is 1.60. The number of hydrogen-bond acceptors (Lipinski definition) is 2. The lowest BCUT2D eigenvalue weighted by Gasteiger charge is -2.37. The molecule has 0 bridgehead atoms. The summed E-state index contributed by atoms with van der Waals surface area (Å²) in [5, 5.41) is 2.93. The van der Waals surface area contributed by atoms with E-state index in [-0.39, 0.29) is 6.03 Å². The number of halogens is 1. The molecule has 2 amide bonds. The Morgan fingerprint density at radius 2 is 2.30 bits per heavy atom. The van der Waals surface area contributed by atoms with Gasteiger partial charge in [0.05, 0.1) is 6.04 Å². The Bertz CT molecular complexity index is 508.